The first kappa shape index (κ1) is 16.8. The maximum absolute atomic E-state index is 12.5. The maximum Gasteiger partial charge on any atom is 0.223 e. The number of thiophene rings is 1. The van der Waals surface area contributed by atoms with Crippen LogP contribution in [0.4, 0.5) is 0 Å². The summed E-state index contributed by atoms with van der Waals surface area (Å²) < 4.78 is 0. The summed E-state index contributed by atoms with van der Waals surface area (Å²) in [6.45, 7) is 2.74. The van der Waals surface area contributed by atoms with Gasteiger partial charge in [-0.3, -0.25) is 9.69 Å². The number of nitrogens with zero attached hydrogens (tertiary/aromatic N) is 1. The number of nitrogens with one attached hydrogen (secondary N) is 1. The highest BCUT2D eigenvalue weighted by Crippen LogP contribution is 2.30. The lowest BCUT2D eigenvalue weighted by Gasteiger charge is -2.35. The van der Waals surface area contributed by atoms with Crippen molar-refractivity contribution in [3.8, 4) is 0 Å². The number of hydrogen-bond donors (Lipinski definition) is 1. The third-order valence-corrected chi connectivity index (χ3v) is 6.64. The number of carbonyl (C=O) groups is 1. The van der Waals surface area contributed by atoms with Gasteiger partial charge in [0.15, 0.2) is 0 Å². The lowest BCUT2D eigenvalue weighted by molar-refractivity contribution is -0.125. The molecular weight excluding hydrogens is 328 g/mol. The Labute approximate surface area is 154 Å². The zero-order chi connectivity index (χ0) is 17.1. The van der Waals surface area contributed by atoms with Crippen LogP contribution in [0.5, 0.6) is 0 Å². The Hall–Kier alpha value is -1.65. The summed E-state index contributed by atoms with van der Waals surface area (Å²) >= 11 is 1.80. The van der Waals surface area contributed by atoms with E-state index in [1.165, 1.54) is 28.8 Å². The van der Waals surface area contributed by atoms with Gasteiger partial charge in [0.05, 0.1) is 6.04 Å². The van der Waals surface area contributed by atoms with E-state index in [4.69, 9.17) is 0 Å². The van der Waals surface area contributed by atoms with Gasteiger partial charge in [0.2, 0.25) is 5.91 Å². The molecule has 1 N–H and O–H groups in total. The molecule has 1 atom stereocenters. The highest BCUT2D eigenvalue weighted by atomic mass is 32.1. The van der Waals surface area contributed by atoms with Crippen molar-refractivity contribution in [3.05, 3.63) is 57.8 Å². The molecule has 2 heterocycles. The Morgan fingerprint density at radius 2 is 1.96 bits per heavy atom. The summed E-state index contributed by atoms with van der Waals surface area (Å²) in [7, 11) is 0. The van der Waals surface area contributed by atoms with Crippen molar-refractivity contribution >= 4 is 17.2 Å². The van der Waals surface area contributed by atoms with Crippen LogP contribution in [0.25, 0.3) is 0 Å². The molecule has 0 unspecified atom stereocenters. The fraction of sp³-hybridized carbons (Fsp3) is 0.476. The van der Waals surface area contributed by atoms with Crippen molar-refractivity contribution in [1.29, 1.82) is 0 Å². The topological polar surface area (TPSA) is 32.3 Å². The van der Waals surface area contributed by atoms with Gasteiger partial charge in [-0.2, -0.15) is 0 Å². The molecule has 25 heavy (non-hydrogen) atoms. The Kier molecular flexibility index (Phi) is 5.18. The molecule has 1 aromatic carbocycles. The van der Waals surface area contributed by atoms with Gasteiger partial charge < -0.3 is 5.32 Å². The summed E-state index contributed by atoms with van der Waals surface area (Å²) in [6.07, 6.45) is 5.62. The van der Waals surface area contributed by atoms with Crippen LogP contribution < -0.4 is 5.32 Å². The molecule has 0 radical (unpaired) electrons. The molecule has 1 aromatic heterocycles. The number of amides is 1. The van der Waals surface area contributed by atoms with Crippen molar-refractivity contribution in [2.24, 2.45) is 5.92 Å². The fourth-order valence-electron chi connectivity index (χ4n) is 4.20. The van der Waals surface area contributed by atoms with Crippen molar-refractivity contribution in [2.45, 2.75) is 44.7 Å². The van der Waals surface area contributed by atoms with Crippen LogP contribution in [0.1, 0.15) is 47.7 Å². The number of carbonyl (C=O) groups excluding carboxylic acids is 1. The first-order chi connectivity index (χ1) is 12.3. The van der Waals surface area contributed by atoms with Gasteiger partial charge in [-0.05, 0) is 41.8 Å². The highest BCUT2D eigenvalue weighted by Gasteiger charge is 2.28. The van der Waals surface area contributed by atoms with E-state index in [-0.39, 0.29) is 17.9 Å². The third-order valence-electron chi connectivity index (χ3n) is 5.67. The fourth-order valence-corrected chi connectivity index (χ4v) is 5.06. The summed E-state index contributed by atoms with van der Waals surface area (Å²) in [5.74, 6) is 0.502. The average molecular weight is 355 g/mol. The van der Waals surface area contributed by atoms with Crippen LogP contribution in [0.3, 0.4) is 0 Å². The largest absolute Gasteiger partial charge is 0.354 e. The second-order valence-electron chi connectivity index (χ2n) is 7.25. The molecule has 0 saturated heterocycles. The first-order valence-electron chi connectivity index (χ1n) is 9.43. The zero-order valence-corrected chi connectivity index (χ0v) is 15.4. The lowest BCUT2D eigenvalue weighted by atomic mass is 9.98. The minimum Gasteiger partial charge on any atom is -0.354 e. The molecule has 132 valence electrons. The number of fused-ring (bicyclic) bond motifs is 1. The zero-order valence-electron chi connectivity index (χ0n) is 14.6. The number of rotatable bonds is 5. The number of hydrogen-bond acceptors (Lipinski definition) is 3. The van der Waals surface area contributed by atoms with Crippen LogP contribution in [0.15, 0.2) is 41.8 Å². The Balaban J connectivity index is 1.46. The van der Waals surface area contributed by atoms with Gasteiger partial charge in [-0.15, -0.1) is 11.3 Å². The van der Waals surface area contributed by atoms with Crippen molar-refractivity contribution < 1.29 is 4.79 Å². The predicted octanol–water partition coefficient (Wildman–Crippen LogP) is 4.15. The van der Waals surface area contributed by atoms with Crippen molar-refractivity contribution in [2.75, 3.05) is 13.1 Å². The molecule has 4 rings (SSSR count). The van der Waals surface area contributed by atoms with Gasteiger partial charge in [0.25, 0.3) is 0 Å². The van der Waals surface area contributed by atoms with E-state index in [9.17, 15) is 4.79 Å². The normalized spacial score (nSPS) is 19.5. The Morgan fingerprint density at radius 1 is 1.16 bits per heavy atom. The molecule has 1 aliphatic heterocycles. The SMILES string of the molecule is O=C(NC[C@@H](c1cccs1)N1CCc2ccccc2C1)C1CCCC1. The van der Waals surface area contributed by atoms with E-state index in [0.29, 0.717) is 0 Å². The van der Waals surface area contributed by atoms with E-state index in [1.54, 1.807) is 11.3 Å². The monoisotopic (exact) mass is 354 g/mol. The van der Waals surface area contributed by atoms with E-state index in [2.05, 4.69) is 52.0 Å². The second kappa shape index (κ2) is 7.71. The van der Waals surface area contributed by atoms with E-state index >= 15 is 0 Å². The second-order valence-corrected chi connectivity index (χ2v) is 8.23. The van der Waals surface area contributed by atoms with E-state index in [1.807, 2.05) is 0 Å². The molecule has 4 heteroatoms. The van der Waals surface area contributed by atoms with Crippen LogP contribution in [-0.4, -0.2) is 23.9 Å². The summed E-state index contributed by atoms with van der Waals surface area (Å²) in [5.41, 5.74) is 2.90. The summed E-state index contributed by atoms with van der Waals surface area (Å²) in [4.78, 5) is 16.4. The molecule has 1 saturated carbocycles. The molecule has 1 amide bonds. The Bertz CT molecular complexity index is 706. The smallest absolute Gasteiger partial charge is 0.223 e. The van der Waals surface area contributed by atoms with Gasteiger partial charge in [0, 0.05) is 30.4 Å². The quantitative estimate of drug-likeness (QED) is 0.875. The molecule has 3 nitrogen and oxygen atoms in total. The van der Waals surface area contributed by atoms with E-state index in [0.717, 1.165) is 38.9 Å². The first-order valence-corrected chi connectivity index (χ1v) is 10.3. The molecule has 0 bridgehead atoms. The minimum atomic E-state index is 0.242. The van der Waals surface area contributed by atoms with E-state index < -0.39 is 0 Å². The number of benzene rings is 1. The van der Waals surface area contributed by atoms with Gasteiger partial charge in [0.1, 0.15) is 0 Å². The van der Waals surface area contributed by atoms with Crippen molar-refractivity contribution in [1.82, 2.24) is 10.2 Å². The van der Waals surface area contributed by atoms with Crippen LogP contribution in [0, 0.1) is 5.92 Å². The molecule has 1 aliphatic carbocycles. The molecular formula is C21H26N2OS. The van der Waals surface area contributed by atoms with Crippen LogP contribution in [-0.2, 0) is 17.8 Å². The lowest BCUT2D eigenvalue weighted by Crippen LogP contribution is -2.41. The maximum atomic E-state index is 12.5. The van der Waals surface area contributed by atoms with Gasteiger partial charge >= 0.3 is 0 Å². The predicted molar refractivity (Wildman–Crippen MR) is 103 cm³/mol. The average Bonchev–Trinajstić information content (AvgIpc) is 3.35. The van der Waals surface area contributed by atoms with Gasteiger partial charge in [-0.25, -0.2) is 0 Å². The highest BCUT2D eigenvalue weighted by molar-refractivity contribution is 7.10. The molecule has 2 aromatic rings. The summed E-state index contributed by atoms with van der Waals surface area (Å²) in [5, 5.41) is 5.40. The molecule has 2 aliphatic rings. The van der Waals surface area contributed by atoms with Crippen LogP contribution >= 0.6 is 11.3 Å². The van der Waals surface area contributed by atoms with Crippen LogP contribution in [0.2, 0.25) is 0 Å². The third kappa shape index (κ3) is 3.80. The molecule has 0 spiro atoms. The summed E-state index contributed by atoms with van der Waals surface area (Å²) in [6, 6.07) is 13.3. The van der Waals surface area contributed by atoms with Crippen molar-refractivity contribution in [3.63, 3.8) is 0 Å². The standard InChI is InChI=1S/C21H26N2OS/c24-21(17-7-2-3-8-17)22-14-19(20-10-5-13-25-20)23-12-11-16-6-1-4-9-18(16)15-23/h1,4-6,9-10,13,17,19H,2-3,7-8,11-12,14-15H2,(H,22,24)/t19-/m0/s1. The Morgan fingerprint density at radius 3 is 2.72 bits per heavy atom. The minimum absolute atomic E-state index is 0.242. The molecule has 1 fully saturated rings. The van der Waals surface area contributed by atoms with Gasteiger partial charge in [-0.1, -0.05) is 43.2 Å².